The first-order valence-electron chi connectivity index (χ1n) is 6.46. The Morgan fingerprint density at radius 1 is 1.35 bits per heavy atom. The van der Waals surface area contributed by atoms with Crippen LogP contribution in [0.15, 0.2) is 18.2 Å². The molecule has 0 aliphatic heterocycles. The Morgan fingerprint density at radius 2 is 1.95 bits per heavy atom. The highest BCUT2D eigenvalue weighted by molar-refractivity contribution is 5.84. The number of hydrogen-bond acceptors (Lipinski definition) is 3. The molecule has 0 saturated heterocycles. The molecule has 0 heterocycles. The lowest BCUT2D eigenvalue weighted by Gasteiger charge is -2.25. The van der Waals surface area contributed by atoms with E-state index in [2.05, 4.69) is 5.32 Å². The molecule has 0 saturated carbocycles. The van der Waals surface area contributed by atoms with Gasteiger partial charge in [-0.1, -0.05) is 6.07 Å². The van der Waals surface area contributed by atoms with Crippen LogP contribution in [0.25, 0.3) is 0 Å². The molecular formula is C14H20F2N2O2. The number of ether oxygens (including phenoxy) is 1. The van der Waals surface area contributed by atoms with Gasteiger partial charge in [-0.3, -0.25) is 4.79 Å². The first-order chi connectivity index (χ1) is 9.40. The minimum absolute atomic E-state index is 0.177. The van der Waals surface area contributed by atoms with Crippen LogP contribution in [0.1, 0.15) is 26.2 Å². The summed E-state index contributed by atoms with van der Waals surface area (Å²) in [6, 6.07) is 3.57. The van der Waals surface area contributed by atoms with Crippen molar-refractivity contribution < 1.29 is 18.3 Å². The summed E-state index contributed by atoms with van der Waals surface area (Å²) in [5.74, 6) is -2.23. The third-order valence-corrected chi connectivity index (χ3v) is 3.33. The summed E-state index contributed by atoms with van der Waals surface area (Å²) >= 11 is 0. The monoisotopic (exact) mass is 286 g/mol. The highest BCUT2D eigenvalue weighted by atomic mass is 19.1. The average molecular weight is 286 g/mol. The normalized spacial score (nSPS) is 13.8. The fraction of sp³-hybridized carbons (Fsp3) is 0.500. The van der Waals surface area contributed by atoms with Gasteiger partial charge in [-0.15, -0.1) is 0 Å². The quantitative estimate of drug-likeness (QED) is 0.718. The fourth-order valence-corrected chi connectivity index (χ4v) is 1.75. The molecule has 1 aromatic rings. The molecule has 0 fully saturated rings. The maximum atomic E-state index is 13.3. The van der Waals surface area contributed by atoms with Gasteiger partial charge in [-0.25, -0.2) is 8.78 Å². The number of nitrogens with two attached hydrogens (primary N) is 1. The van der Waals surface area contributed by atoms with Gasteiger partial charge in [0.15, 0.2) is 17.4 Å². The molecule has 1 unspecified atom stereocenters. The Labute approximate surface area is 117 Å². The molecule has 112 valence electrons. The molecule has 0 aliphatic rings. The molecule has 1 rings (SSSR count). The van der Waals surface area contributed by atoms with E-state index in [4.69, 9.17) is 10.5 Å². The summed E-state index contributed by atoms with van der Waals surface area (Å²) in [5.41, 5.74) is 4.52. The molecule has 0 radical (unpaired) electrons. The lowest BCUT2D eigenvalue weighted by atomic mass is 9.94. The van der Waals surface area contributed by atoms with Gasteiger partial charge in [0, 0.05) is 0 Å². The molecule has 1 amide bonds. The summed E-state index contributed by atoms with van der Waals surface area (Å²) in [5, 5.41) is 2.87. The summed E-state index contributed by atoms with van der Waals surface area (Å²) in [4.78, 5) is 11.3. The number of amides is 1. The van der Waals surface area contributed by atoms with Crippen LogP contribution in [0.5, 0.6) is 5.75 Å². The molecule has 0 aromatic heterocycles. The zero-order valence-corrected chi connectivity index (χ0v) is 11.7. The van der Waals surface area contributed by atoms with E-state index in [1.165, 1.54) is 6.07 Å². The van der Waals surface area contributed by atoms with E-state index in [1.807, 2.05) is 0 Å². The first kappa shape index (κ1) is 16.4. The predicted molar refractivity (Wildman–Crippen MR) is 72.4 cm³/mol. The van der Waals surface area contributed by atoms with E-state index >= 15 is 0 Å². The molecule has 0 spiro atoms. The van der Waals surface area contributed by atoms with Crippen molar-refractivity contribution in [3.8, 4) is 5.75 Å². The molecule has 6 heteroatoms. The molecular weight excluding hydrogens is 266 g/mol. The molecule has 20 heavy (non-hydrogen) atoms. The zero-order valence-electron chi connectivity index (χ0n) is 11.7. The lowest BCUT2D eigenvalue weighted by molar-refractivity contribution is -0.123. The molecule has 3 N–H and O–H groups in total. The van der Waals surface area contributed by atoms with Crippen molar-refractivity contribution in [2.75, 3.05) is 13.7 Å². The van der Waals surface area contributed by atoms with Crippen molar-refractivity contribution in [2.24, 2.45) is 5.73 Å². The third-order valence-electron chi connectivity index (χ3n) is 3.33. The number of likely N-dealkylation sites (N-methyl/N-ethyl adjacent to an activating group) is 1. The van der Waals surface area contributed by atoms with Crippen LogP contribution < -0.4 is 15.8 Å². The second kappa shape index (κ2) is 7.19. The maximum absolute atomic E-state index is 13.3. The number of para-hydroxylation sites is 1. The van der Waals surface area contributed by atoms with Crippen LogP contribution in [-0.4, -0.2) is 25.1 Å². The van der Waals surface area contributed by atoms with Crippen LogP contribution in [0.4, 0.5) is 8.78 Å². The van der Waals surface area contributed by atoms with Gasteiger partial charge in [-0.2, -0.15) is 0 Å². The first-order valence-corrected chi connectivity index (χ1v) is 6.46. The third kappa shape index (κ3) is 4.16. The fourth-order valence-electron chi connectivity index (χ4n) is 1.75. The second-order valence-corrected chi connectivity index (χ2v) is 4.80. The Bertz CT molecular complexity index is 448. The van der Waals surface area contributed by atoms with Gasteiger partial charge in [0.05, 0.1) is 12.1 Å². The van der Waals surface area contributed by atoms with Gasteiger partial charge in [-0.05, 0) is 45.4 Å². The molecule has 0 aliphatic carbocycles. The minimum atomic E-state index is -0.775. The molecule has 4 nitrogen and oxygen atoms in total. The van der Waals surface area contributed by atoms with Crippen molar-refractivity contribution in [1.82, 2.24) is 5.32 Å². The second-order valence-electron chi connectivity index (χ2n) is 4.80. The van der Waals surface area contributed by atoms with Crippen molar-refractivity contribution in [2.45, 2.75) is 31.7 Å². The Kier molecular flexibility index (Phi) is 5.88. The van der Waals surface area contributed by atoms with Gasteiger partial charge in [0.1, 0.15) is 0 Å². The number of benzene rings is 1. The number of halogens is 2. The van der Waals surface area contributed by atoms with Gasteiger partial charge < -0.3 is 15.8 Å². The van der Waals surface area contributed by atoms with E-state index in [0.717, 1.165) is 12.1 Å². The molecule has 1 aromatic carbocycles. The Balaban J connectivity index is 2.38. The van der Waals surface area contributed by atoms with Crippen molar-refractivity contribution in [1.29, 1.82) is 0 Å². The SMILES string of the molecule is CNC(C)(CCCCOc1c(F)cccc1F)C(N)=O. The Morgan fingerprint density at radius 3 is 2.45 bits per heavy atom. The van der Waals surface area contributed by atoms with Crippen molar-refractivity contribution in [3.05, 3.63) is 29.8 Å². The highest BCUT2D eigenvalue weighted by Gasteiger charge is 2.27. The smallest absolute Gasteiger partial charge is 0.237 e. The van der Waals surface area contributed by atoms with E-state index in [1.54, 1.807) is 14.0 Å². The topological polar surface area (TPSA) is 64.3 Å². The lowest BCUT2D eigenvalue weighted by Crippen LogP contribution is -2.51. The minimum Gasteiger partial charge on any atom is -0.488 e. The van der Waals surface area contributed by atoms with Crippen molar-refractivity contribution >= 4 is 5.91 Å². The van der Waals surface area contributed by atoms with Gasteiger partial charge in [0.2, 0.25) is 5.91 Å². The van der Waals surface area contributed by atoms with Crippen LogP contribution >= 0.6 is 0 Å². The van der Waals surface area contributed by atoms with E-state index in [-0.39, 0.29) is 12.4 Å². The van der Waals surface area contributed by atoms with E-state index in [0.29, 0.717) is 19.3 Å². The zero-order chi connectivity index (χ0) is 15.2. The van der Waals surface area contributed by atoms with Crippen LogP contribution in [0, 0.1) is 11.6 Å². The molecule has 1 atom stereocenters. The predicted octanol–water partition coefficient (Wildman–Crippen LogP) is 1.98. The Hall–Kier alpha value is -1.69. The average Bonchev–Trinajstić information content (AvgIpc) is 2.40. The number of nitrogens with one attached hydrogen (secondary N) is 1. The summed E-state index contributed by atoms with van der Waals surface area (Å²) in [7, 11) is 1.66. The van der Waals surface area contributed by atoms with E-state index in [9.17, 15) is 13.6 Å². The summed E-state index contributed by atoms with van der Waals surface area (Å²) < 4.78 is 31.6. The van der Waals surface area contributed by atoms with Gasteiger partial charge >= 0.3 is 0 Å². The number of carbonyl (C=O) groups is 1. The number of unbranched alkanes of at least 4 members (excludes halogenated alkanes) is 1. The largest absolute Gasteiger partial charge is 0.488 e. The van der Waals surface area contributed by atoms with Crippen LogP contribution in [-0.2, 0) is 4.79 Å². The number of hydrogen-bond donors (Lipinski definition) is 2. The highest BCUT2D eigenvalue weighted by Crippen LogP contribution is 2.21. The number of rotatable bonds is 8. The standard InChI is InChI=1S/C14H20F2N2O2/c1-14(18-2,13(17)19)8-3-4-9-20-12-10(15)6-5-7-11(12)16/h5-7,18H,3-4,8-9H2,1-2H3,(H2,17,19). The number of carbonyl (C=O) groups excluding carboxylic acids is 1. The van der Waals surface area contributed by atoms with Gasteiger partial charge in [0.25, 0.3) is 0 Å². The van der Waals surface area contributed by atoms with Crippen LogP contribution in [0.3, 0.4) is 0 Å². The summed E-state index contributed by atoms with van der Waals surface area (Å²) in [6.07, 6.45) is 1.75. The van der Waals surface area contributed by atoms with Crippen LogP contribution in [0.2, 0.25) is 0 Å². The maximum Gasteiger partial charge on any atom is 0.237 e. The number of primary amides is 1. The van der Waals surface area contributed by atoms with E-state index < -0.39 is 23.1 Å². The summed E-state index contributed by atoms with van der Waals surface area (Å²) in [6.45, 7) is 1.89. The molecule has 0 bridgehead atoms. The van der Waals surface area contributed by atoms with Crippen molar-refractivity contribution in [3.63, 3.8) is 0 Å².